The summed E-state index contributed by atoms with van der Waals surface area (Å²) in [5.41, 5.74) is 2.57. The molecule has 0 saturated heterocycles. The molecule has 23 heavy (non-hydrogen) atoms. The van der Waals surface area contributed by atoms with Crippen LogP contribution in [0.4, 0.5) is 5.69 Å². The number of nitrogens with one attached hydrogen (secondary N) is 1. The molecular formula is C16H15ClN4O2. The van der Waals surface area contributed by atoms with Gasteiger partial charge in [0.2, 0.25) is 5.91 Å². The number of anilines is 1. The number of fused-ring (bicyclic) bond motifs is 1. The van der Waals surface area contributed by atoms with Gasteiger partial charge in [-0.25, -0.2) is 9.48 Å². The number of amides is 1. The number of carbonyl (C=O) groups excluding carboxylic acids is 1. The van der Waals surface area contributed by atoms with Crippen LogP contribution < -0.4 is 11.0 Å². The molecule has 0 aliphatic heterocycles. The number of hydrogen-bond donors (Lipinski definition) is 1. The van der Waals surface area contributed by atoms with E-state index in [0.717, 1.165) is 15.8 Å². The van der Waals surface area contributed by atoms with Crippen molar-refractivity contribution in [2.24, 2.45) is 0 Å². The summed E-state index contributed by atoms with van der Waals surface area (Å²) in [4.78, 5) is 24.4. The summed E-state index contributed by atoms with van der Waals surface area (Å²) in [6.07, 6.45) is 1.61. The lowest BCUT2D eigenvalue weighted by Crippen LogP contribution is -2.28. The predicted molar refractivity (Wildman–Crippen MR) is 89.0 cm³/mol. The topological polar surface area (TPSA) is 68.4 Å². The number of nitrogens with zero attached hydrogens (tertiary/aromatic N) is 3. The smallest absolute Gasteiger partial charge is 0.323 e. The van der Waals surface area contributed by atoms with Gasteiger partial charge in [-0.15, -0.1) is 5.10 Å². The first-order chi connectivity index (χ1) is 11.0. The van der Waals surface area contributed by atoms with Gasteiger partial charge in [-0.3, -0.25) is 9.20 Å². The third-order valence-corrected chi connectivity index (χ3v) is 3.78. The van der Waals surface area contributed by atoms with Crippen molar-refractivity contribution in [3.8, 4) is 0 Å². The zero-order valence-electron chi connectivity index (χ0n) is 12.7. The van der Waals surface area contributed by atoms with Gasteiger partial charge in [0.25, 0.3) is 0 Å². The second-order valence-electron chi connectivity index (χ2n) is 5.36. The van der Waals surface area contributed by atoms with Gasteiger partial charge in [0.15, 0.2) is 5.65 Å². The van der Waals surface area contributed by atoms with Crippen molar-refractivity contribution in [3.05, 3.63) is 63.2 Å². The summed E-state index contributed by atoms with van der Waals surface area (Å²) in [6, 6.07) is 8.92. The van der Waals surface area contributed by atoms with E-state index in [1.807, 2.05) is 19.9 Å². The molecule has 3 rings (SSSR count). The van der Waals surface area contributed by atoms with Crippen molar-refractivity contribution >= 4 is 28.8 Å². The van der Waals surface area contributed by atoms with E-state index in [1.165, 1.54) is 4.40 Å². The molecule has 2 heterocycles. The third-order valence-electron chi connectivity index (χ3n) is 3.48. The second kappa shape index (κ2) is 5.89. The van der Waals surface area contributed by atoms with Crippen LogP contribution in [0.3, 0.4) is 0 Å². The minimum atomic E-state index is -0.359. The maximum absolute atomic E-state index is 12.2. The molecule has 0 unspecified atom stereocenters. The molecular weight excluding hydrogens is 316 g/mol. The van der Waals surface area contributed by atoms with E-state index < -0.39 is 0 Å². The van der Waals surface area contributed by atoms with E-state index in [4.69, 9.17) is 11.6 Å². The van der Waals surface area contributed by atoms with E-state index >= 15 is 0 Å². The summed E-state index contributed by atoms with van der Waals surface area (Å²) in [5.74, 6) is -0.357. The van der Waals surface area contributed by atoms with Gasteiger partial charge in [-0.2, -0.15) is 0 Å². The van der Waals surface area contributed by atoms with Crippen molar-refractivity contribution in [2.45, 2.75) is 20.4 Å². The van der Waals surface area contributed by atoms with Crippen LogP contribution in [0.25, 0.3) is 5.65 Å². The van der Waals surface area contributed by atoms with E-state index in [-0.39, 0.29) is 18.1 Å². The van der Waals surface area contributed by atoms with Gasteiger partial charge in [0, 0.05) is 6.20 Å². The Morgan fingerprint density at radius 2 is 2.09 bits per heavy atom. The second-order valence-corrected chi connectivity index (χ2v) is 5.76. The molecule has 0 radical (unpaired) electrons. The number of pyridine rings is 1. The van der Waals surface area contributed by atoms with E-state index in [2.05, 4.69) is 10.4 Å². The van der Waals surface area contributed by atoms with Crippen LogP contribution >= 0.6 is 11.6 Å². The Kier molecular flexibility index (Phi) is 3.92. The molecule has 0 bridgehead atoms. The number of benzene rings is 1. The van der Waals surface area contributed by atoms with E-state index in [1.54, 1.807) is 30.5 Å². The fraction of sp³-hybridized carbons (Fsp3) is 0.188. The highest BCUT2D eigenvalue weighted by Crippen LogP contribution is 2.27. The quantitative estimate of drug-likeness (QED) is 0.801. The normalized spacial score (nSPS) is 10.9. The molecule has 118 valence electrons. The summed E-state index contributed by atoms with van der Waals surface area (Å²) >= 11 is 6.17. The predicted octanol–water partition coefficient (Wildman–Crippen LogP) is 2.40. The lowest BCUT2D eigenvalue weighted by molar-refractivity contribution is -0.117. The van der Waals surface area contributed by atoms with Gasteiger partial charge < -0.3 is 5.32 Å². The average Bonchev–Trinajstić information content (AvgIpc) is 2.80. The van der Waals surface area contributed by atoms with E-state index in [0.29, 0.717) is 16.4 Å². The highest BCUT2D eigenvalue weighted by Gasteiger charge is 2.13. The summed E-state index contributed by atoms with van der Waals surface area (Å²) in [5, 5.41) is 7.34. The first-order valence-corrected chi connectivity index (χ1v) is 7.44. The lowest BCUT2D eigenvalue weighted by Gasteiger charge is -2.11. The molecule has 1 N–H and O–H groups in total. The third kappa shape index (κ3) is 2.98. The van der Waals surface area contributed by atoms with Crippen molar-refractivity contribution in [3.63, 3.8) is 0 Å². The maximum Gasteiger partial charge on any atom is 0.350 e. The minimum absolute atomic E-state index is 0.176. The average molecular weight is 331 g/mol. The van der Waals surface area contributed by atoms with Crippen molar-refractivity contribution in [1.29, 1.82) is 0 Å². The Morgan fingerprint density at radius 3 is 2.78 bits per heavy atom. The number of halogens is 1. The number of carbonyl (C=O) groups is 1. The highest BCUT2D eigenvalue weighted by molar-refractivity contribution is 6.34. The number of rotatable bonds is 3. The molecule has 0 saturated carbocycles. The van der Waals surface area contributed by atoms with Crippen LogP contribution in [0.5, 0.6) is 0 Å². The van der Waals surface area contributed by atoms with Crippen molar-refractivity contribution in [2.75, 3.05) is 5.32 Å². The summed E-state index contributed by atoms with van der Waals surface area (Å²) in [7, 11) is 0. The standard InChI is InChI=1S/C16H15ClN4O2/c1-10-7-11(2)15(12(17)8-10)18-14(22)9-21-16(23)20-6-4-3-5-13(20)19-21/h3-8H,9H2,1-2H3,(H,18,22). The van der Waals surface area contributed by atoms with Crippen molar-refractivity contribution < 1.29 is 4.79 Å². The number of aromatic nitrogens is 3. The van der Waals surface area contributed by atoms with Gasteiger partial charge in [-0.05, 0) is 43.2 Å². The molecule has 0 aliphatic carbocycles. The maximum atomic E-state index is 12.2. The minimum Gasteiger partial charge on any atom is -0.323 e. The lowest BCUT2D eigenvalue weighted by atomic mass is 10.1. The highest BCUT2D eigenvalue weighted by atomic mass is 35.5. The van der Waals surface area contributed by atoms with Gasteiger partial charge in [-0.1, -0.05) is 23.7 Å². The van der Waals surface area contributed by atoms with Gasteiger partial charge in [0.05, 0.1) is 10.7 Å². The molecule has 2 aromatic heterocycles. The van der Waals surface area contributed by atoms with Crippen LogP contribution in [0.1, 0.15) is 11.1 Å². The van der Waals surface area contributed by atoms with Crippen LogP contribution in [0, 0.1) is 13.8 Å². The molecule has 0 atom stereocenters. The molecule has 0 fully saturated rings. The first-order valence-electron chi connectivity index (χ1n) is 7.06. The molecule has 1 amide bonds. The largest absolute Gasteiger partial charge is 0.350 e. The zero-order valence-corrected chi connectivity index (χ0v) is 13.5. The zero-order chi connectivity index (χ0) is 16.6. The van der Waals surface area contributed by atoms with E-state index in [9.17, 15) is 9.59 Å². The SMILES string of the molecule is Cc1cc(C)c(NC(=O)Cn2nc3ccccn3c2=O)c(Cl)c1. The Morgan fingerprint density at radius 1 is 1.30 bits per heavy atom. The van der Waals surface area contributed by atoms with Crippen LogP contribution in [0.15, 0.2) is 41.3 Å². The monoisotopic (exact) mass is 330 g/mol. The Labute approximate surface area is 137 Å². The fourth-order valence-electron chi connectivity index (χ4n) is 2.46. The fourth-order valence-corrected chi connectivity index (χ4v) is 2.83. The molecule has 7 heteroatoms. The van der Waals surface area contributed by atoms with Gasteiger partial charge in [0.1, 0.15) is 6.54 Å². The summed E-state index contributed by atoms with van der Waals surface area (Å²) in [6.45, 7) is 3.62. The molecule has 3 aromatic rings. The molecule has 0 aliphatic rings. The Bertz CT molecular complexity index is 935. The number of hydrogen-bond acceptors (Lipinski definition) is 3. The van der Waals surface area contributed by atoms with Crippen molar-refractivity contribution in [1.82, 2.24) is 14.2 Å². The van der Waals surface area contributed by atoms with Crippen LogP contribution in [-0.2, 0) is 11.3 Å². The summed E-state index contributed by atoms with van der Waals surface area (Å²) < 4.78 is 2.51. The molecule has 0 spiro atoms. The molecule has 6 nitrogen and oxygen atoms in total. The van der Waals surface area contributed by atoms with Crippen LogP contribution in [0.2, 0.25) is 5.02 Å². The molecule has 1 aromatic carbocycles. The number of aryl methyl sites for hydroxylation is 2. The van der Waals surface area contributed by atoms with Crippen LogP contribution in [-0.4, -0.2) is 20.1 Å². The Hall–Kier alpha value is -2.60. The Balaban J connectivity index is 1.85. The van der Waals surface area contributed by atoms with Gasteiger partial charge >= 0.3 is 5.69 Å². The first kappa shape index (κ1) is 15.3.